The maximum Gasteiger partial charge on any atom is 0.0198 e. The molecule has 0 saturated carbocycles. The van der Waals surface area contributed by atoms with Crippen LogP contribution in [0, 0.1) is 5.41 Å². The first-order chi connectivity index (χ1) is 4.50. The Bertz CT molecular complexity index is 151. The molecule has 1 aliphatic heterocycles. The highest BCUT2D eigenvalue weighted by Gasteiger charge is 2.21. The second-order valence-corrected chi connectivity index (χ2v) is 4.18. The van der Waals surface area contributed by atoms with Gasteiger partial charge in [-0.2, -0.15) is 0 Å². The van der Waals surface area contributed by atoms with Gasteiger partial charge in [0.1, 0.15) is 0 Å². The normalized spacial score (nSPS) is 21.4. The zero-order valence-electron chi connectivity index (χ0n) is 7.44. The molecule has 0 aromatic heterocycles. The van der Waals surface area contributed by atoms with E-state index in [0.29, 0.717) is 5.41 Å². The van der Waals surface area contributed by atoms with Crippen molar-refractivity contribution in [2.75, 3.05) is 20.1 Å². The van der Waals surface area contributed by atoms with Crippen molar-refractivity contribution in [3.8, 4) is 0 Å². The van der Waals surface area contributed by atoms with Crippen molar-refractivity contribution in [2.45, 2.75) is 20.8 Å². The summed E-state index contributed by atoms with van der Waals surface area (Å²) in [6.07, 6.45) is 2.35. The van der Waals surface area contributed by atoms with E-state index in [2.05, 4.69) is 38.8 Å². The molecular weight excluding hydrogens is 122 g/mol. The van der Waals surface area contributed by atoms with Crippen LogP contribution in [0.5, 0.6) is 0 Å². The van der Waals surface area contributed by atoms with Gasteiger partial charge in [0.05, 0.1) is 0 Å². The SMILES string of the molecule is CN1CC=C(C(C)(C)C)C1. The molecule has 0 unspecified atom stereocenters. The second-order valence-electron chi connectivity index (χ2n) is 4.18. The van der Waals surface area contributed by atoms with Crippen LogP contribution in [0.4, 0.5) is 0 Å². The fourth-order valence-corrected chi connectivity index (χ4v) is 1.23. The summed E-state index contributed by atoms with van der Waals surface area (Å²) < 4.78 is 0. The molecule has 0 atom stereocenters. The smallest absolute Gasteiger partial charge is 0.0198 e. The summed E-state index contributed by atoms with van der Waals surface area (Å²) in [5.74, 6) is 0. The van der Waals surface area contributed by atoms with Crippen molar-refractivity contribution in [3.63, 3.8) is 0 Å². The van der Waals surface area contributed by atoms with Gasteiger partial charge in [-0.05, 0) is 12.5 Å². The van der Waals surface area contributed by atoms with Crippen LogP contribution in [0.15, 0.2) is 11.6 Å². The molecule has 0 saturated heterocycles. The quantitative estimate of drug-likeness (QED) is 0.463. The van der Waals surface area contributed by atoms with Gasteiger partial charge in [-0.15, -0.1) is 0 Å². The molecule has 0 fully saturated rings. The number of hydrogen-bond acceptors (Lipinski definition) is 1. The molecule has 1 aliphatic rings. The molecule has 0 bridgehead atoms. The summed E-state index contributed by atoms with van der Waals surface area (Å²) in [5.41, 5.74) is 1.96. The van der Waals surface area contributed by atoms with Gasteiger partial charge in [-0.3, -0.25) is 4.90 Å². The van der Waals surface area contributed by atoms with E-state index in [-0.39, 0.29) is 0 Å². The van der Waals surface area contributed by atoms with Gasteiger partial charge in [0.15, 0.2) is 0 Å². The van der Waals surface area contributed by atoms with Crippen LogP contribution in [-0.4, -0.2) is 25.0 Å². The van der Waals surface area contributed by atoms with E-state index in [1.165, 1.54) is 0 Å². The van der Waals surface area contributed by atoms with Crippen molar-refractivity contribution >= 4 is 0 Å². The van der Waals surface area contributed by atoms with Gasteiger partial charge in [0.25, 0.3) is 0 Å². The lowest BCUT2D eigenvalue weighted by atomic mass is 9.87. The van der Waals surface area contributed by atoms with Gasteiger partial charge < -0.3 is 0 Å². The molecule has 10 heavy (non-hydrogen) atoms. The van der Waals surface area contributed by atoms with Crippen molar-refractivity contribution < 1.29 is 0 Å². The van der Waals surface area contributed by atoms with Crippen molar-refractivity contribution in [3.05, 3.63) is 11.6 Å². The standard InChI is InChI=1S/C9H17N/c1-9(2,3)8-5-6-10(4)7-8/h5H,6-7H2,1-4H3. The lowest BCUT2D eigenvalue weighted by molar-refractivity contribution is 0.393. The average Bonchev–Trinajstić information content (AvgIpc) is 2.11. The number of hydrogen-bond donors (Lipinski definition) is 0. The first-order valence-electron chi connectivity index (χ1n) is 3.88. The van der Waals surface area contributed by atoms with Gasteiger partial charge >= 0.3 is 0 Å². The van der Waals surface area contributed by atoms with Gasteiger partial charge in [0.2, 0.25) is 0 Å². The Kier molecular flexibility index (Phi) is 1.86. The van der Waals surface area contributed by atoms with Crippen LogP contribution in [0.1, 0.15) is 20.8 Å². The van der Waals surface area contributed by atoms with Crippen LogP contribution in [0.3, 0.4) is 0 Å². The van der Waals surface area contributed by atoms with Gasteiger partial charge in [-0.25, -0.2) is 0 Å². The number of nitrogens with zero attached hydrogens (tertiary/aromatic N) is 1. The van der Waals surface area contributed by atoms with E-state index in [0.717, 1.165) is 13.1 Å². The Hall–Kier alpha value is -0.300. The molecule has 1 nitrogen and oxygen atoms in total. The van der Waals surface area contributed by atoms with E-state index in [9.17, 15) is 0 Å². The molecule has 0 aromatic carbocycles. The molecule has 0 radical (unpaired) electrons. The van der Waals surface area contributed by atoms with Crippen LogP contribution >= 0.6 is 0 Å². The molecule has 0 aromatic rings. The number of rotatable bonds is 0. The summed E-state index contributed by atoms with van der Waals surface area (Å²) in [6.45, 7) is 9.12. The Morgan fingerprint density at radius 2 is 2.00 bits per heavy atom. The molecule has 0 aliphatic carbocycles. The summed E-state index contributed by atoms with van der Waals surface area (Å²) in [5, 5.41) is 0. The predicted octanol–water partition coefficient (Wildman–Crippen LogP) is 1.90. The highest BCUT2D eigenvalue weighted by atomic mass is 15.1. The average molecular weight is 139 g/mol. The maximum absolute atomic E-state index is 2.35. The first kappa shape index (κ1) is 7.80. The third kappa shape index (κ3) is 1.60. The van der Waals surface area contributed by atoms with E-state index in [1.54, 1.807) is 5.57 Å². The molecule has 1 heterocycles. The van der Waals surface area contributed by atoms with Crippen molar-refractivity contribution in [2.24, 2.45) is 5.41 Å². The third-order valence-corrected chi connectivity index (χ3v) is 2.05. The molecule has 58 valence electrons. The summed E-state index contributed by atoms with van der Waals surface area (Å²) in [7, 11) is 2.16. The molecule has 1 rings (SSSR count). The lowest BCUT2D eigenvalue weighted by Gasteiger charge is -2.21. The monoisotopic (exact) mass is 139 g/mol. The zero-order chi connectivity index (χ0) is 7.78. The van der Waals surface area contributed by atoms with Crippen molar-refractivity contribution in [1.82, 2.24) is 4.90 Å². The highest BCUT2D eigenvalue weighted by Crippen LogP contribution is 2.28. The van der Waals surface area contributed by atoms with Gasteiger partial charge in [0, 0.05) is 13.1 Å². The number of likely N-dealkylation sites (N-methyl/N-ethyl adjacent to an activating group) is 1. The lowest BCUT2D eigenvalue weighted by Crippen LogP contribution is -2.18. The fourth-order valence-electron chi connectivity index (χ4n) is 1.23. The maximum atomic E-state index is 2.35. The molecular formula is C9H17N. The minimum atomic E-state index is 0.380. The largest absolute Gasteiger partial charge is 0.299 e. The minimum Gasteiger partial charge on any atom is -0.299 e. The summed E-state index contributed by atoms with van der Waals surface area (Å²) in [4.78, 5) is 2.33. The Morgan fingerprint density at radius 3 is 2.20 bits per heavy atom. The predicted molar refractivity (Wildman–Crippen MR) is 45.0 cm³/mol. The minimum absolute atomic E-state index is 0.380. The Balaban J connectivity index is 2.60. The molecule has 0 amide bonds. The molecule has 0 spiro atoms. The second kappa shape index (κ2) is 2.39. The summed E-state index contributed by atoms with van der Waals surface area (Å²) >= 11 is 0. The Morgan fingerprint density at radius 1 is 1.40 bits per heavy atom. The van der Waals surface area contributed by atoms with Crippen LogP contribution in [-0.2, 0) is 0 Å². The van der Waals surface area contributed by atoms with E-state index < -0.39 is 0 Å². The van der Waals surface area contributed by atoms with Gasteiger partial charge in [-0.1, -0.05) is 32.4 Å². The van der Waals surface area contributed by atoms with Crippen LogP contribution in [0.2, 0.25) is 0 Å². The molecule has 0 N–H and O–H groups in total. The molecule has 1 heteroatoms. The van der Waals surface area contributed by atoms with E-state index in [4.69, 9.17) is 0 Å². The van der Waals surface area contributed by atoms with E-state index in [1.807, 2.05) is 0 Å². The van der Waals surface area contributed by atoms with Crippen molar-refractivity contribution in [1.29, 1.82) is 0 Å². The summed E-state index contributed by atoms with van der Waals surface area (Å²) in [6, 6.07) is 0. The zero-order valence-corrected chi connectivity index (χ0v) is 7.44. The van der Waals surface area contributed by atoms with Crippen LogP contribution < -0.4 is 0 Å². The van der Waals surface area contributed by atoms with Crippen LogP contribution in [0.25, 0.3) is 0 Å². The first-order valence-corrected chi connectivity index (χ1v) is 3.88. The topological polar surface area (TPSA) is 3.24 Å². The third-order valence-electron chi connectivity index (χ3n) is 2.05. The van der Waals surface area contributed by atoms with E-state index >= 15 is 0 Å². The highest BCUT2D eigenvalue weighted by molar-refractivity contribution is 5.17. The Labute approximate surface area is 63.7 Å². The fraction of sp³-hybridized carbons (Fsp3) is 0.778.